The van der Waals surface area contributed by atoms with Gasteiger partial charge < -0.3 is 0 Å². The number of hydrogen-bond donors (Lipinski definition) is 0. The fraction of sp³-hybridized carbons (Fsp3) is 0.0833. The summed E-state index contributed by atoms with van der Waals surface area (Å²) in [5, 5.41) is 8.32. The van der Waals surface area contributed by atoms with Gasteiger partial charge in [-0.25, -0.2) is 0 Å². The third kappa shape index (κ3) is 3.08. The number of halogens is 1. The summed E-state index contributed by atoms with van der Waals surface area (Å²) in [7, 11) is 0. The fourth-order valence-corrected chi connectivity index (χ4v) is 1.32. The number of alkyl halides is 1. The van der Waals surface area contributed by atoms with Crippen LogP contribution in [0.5, 0.6) is 0 Å². The van der Waals surface area contributed by atoms with Crippen molar-refractivity contribution in [2.75, 3.05) is 5.88 Å². The number of nitrogens with zero attached hydrogens (tertiary/aromatic N) is 1. The Balaban J connectivity index is 2.89. The van der Waals surface area contributed by atoms with Gasteiger partial charge in [-0.3, -0.25) is 0 Å². The summed E-state index contributed by atoms with van der Waals surface area (Å²) in [6.07, 6.45) is 4.98. The van der Waals surface area contributed by atoms with E-state index >= 15 is 0 Å². The van der Waals surface area contributed by atoms with E-state index in [1.807, 2.05) is 42.5 Å². The minimum Gasteiger partial charge on any atom is -0.193 e. The summed E-state index contributed by atoms with van der Waals surface area (Å²) in [5.74, 6) is 0.444. The quantitative estimate of drug-likeness (QED) is 0.420. The van der Waals surface area contributed by atoms with Gasteiger partial charge in [0.15, 0.2) is 0 Å². The summed E-state index contributed by atoms with van der Waals surface area (Å²) in [6, 6.07) is 11.8. The highest BCUT2D eigenvalue weighted by atomic mass is 35.5. The molecule has 0 aliphatic carbocycles. The second-order valence-corrected chi connectivity index (χ2v) is 2.95. The first-order chi connectivity index (χ1) is 6.88. The van der Waals surface area contributed by atoms with Gasteiger partial charge in [0.1, 0.15) is 0 Å². The molecule has 0 bridgehead atoms. The summed E-state index contributed by atoms with van der Waals surface area (Å²) in [6.45, 7) is 0. The van der Waals surface area contributed by atoms with Crippen LogP contribution in [0.15, 0.2) is 48.6 Å². The van der Waals surface area contributed by atoms with Crippen molar-refractivity contribution >= 4 is 17.2 Å². The van der Waals surface area contributed by atoms with E-state index in [0.29, 0.717) is 5.88 Å². The smallest absolute Gasteiger partial charge is 0.0912 e. The van der Waals surface area contributed by atoms with Crippen molar-refractivity contribution in [3.8, 4) is 6.07 Å². The highest BCUT2D eigenvalue weighted by Gasteiger charge is 1.96. The van der Waals surface area contributed by atoms with Crippen LogP contribution in [0.4, 0.5) is 0 Å². The summed E-state index contributed by atoms with van der Waals surface area (Å²) in [4.78, 5) is 0. The molecule has 0 radical (unpaired) electrons. The molecular formula is C12H10ClN. The topological polar surface area (TPSA) is 23.8 Å². The van der Waals surface area contributed by atoms with Gasteiger partial charge in [-0.05, 0) is 11.1 Å². The molecule has 70 valence electrons. The Morgan fingerprint density at radius 2 is 2.07 bits per heavy atom. The fourth-order valence-electron chi connectivity index (χ4n) is 1.08. The van der Waals surface area contributed by atoms with E-state index in [9.17, 15) is 0 Å². The van der Waals surface area contributed by atoms with Crippen LogP contribution in [0.25, 0.3) is 5.57 Å². The monoisotopic (exact) mass is 203 g/mol. The van der Waals surface area contributed by atoms with Crippen LogP contribution in [0.1, 0.15) is 5.56 Å². The first-order valence-electron chi connectivity index (χ1n) is 4.25. The van der Waals surface area contributed by atoms with Gasteiger partial charge in [0.2, 0.25) is 0 Å². The predicted octanol–water partition coefficient (Wildman–Crippen LogP) is 3.39. The van der Waals surface area contributed by atoms with E-state index in [0.717, 1.165) is 11.1 Å². The molecule has 0 heterocycles. The Kier molecular flexibility index (Phi) is 4.54. The third-order valence-electron chi connectivity index (χ3n) is 1.76. The van der Waals surface area contributed by atoms with Crippen LogP contribution in [0.3, 0.4) is 0 Å². The maximum absolute atomic E-state index is 8.32. The normalized spacial score (nSPS) is 11.6. The molecule has 0 aromatic heterocycles. The van der Waals surface area contributed by atoms with E-state index in [1.54, 1.807) is 6.08 Å². The SMILES string of the molecule is N#CC=CC=C(CCl)c1ccccc1. The van der Waals surface area contributed by atoms with Crippen molar-refractivity contribution in [1.82, 2.24) is 0 Å². The van der Waals surface area contributed by atoms with E-state index < -0.39 is 0 Å². The average Bonchev–Trinajstić information content (AvgIpc) is 2.26. The Morgan fingerprint density at radius 3 is 2.64 bits per heavy atom. The third-order valence-corrected chi connectivity index (χ3v) is 2.04. The molecule has 2 heteroatoms. The zero-order chi connectivity index (χ0) is 10.2. The van der Waals surface area contributed by atoms with E-state index in [4.69, 9.17) is 16.9 Å². The van der Waals surface area contributed by atoms with Crippen LogP contribution >= 0.6 is 11.6 Å². The molecule has 1 aromatic rings. The van der Waals surface area contributed by atoms with Gasteiger partial charge in [0.25, 0.3) is 0 Å². The Labute approximate surface area is 88.9 Å². The van der Waals surface area contributed by atoms with Crippen LogP contribution in [0, 0.1) is 11.3 Å². The molecule has 0 amide bonds. The number of nitriles is 1. The summed E-state index contributed by atoms with van der Waals surface area (Å²) in [5.41, 5.74) is 2.10. The molecular weight excluding hydrogens is 194 g/mol. The molecule has 0 aliphatic rings. The molecule has 1 rings (SSSR count). The first-order valence-corrected chi connectivity index (χ1v) is 4.78. The number of rotatable bonds is 3. The molecule has 0 N–H and O–H groups in total. The van der Waals surface area contributed by atoms with Crippen molar-refractivity contribution in [2.24, 2.45) is 0 Å². The number of benzene rings is 1. The minimum absolute atomic E-state index is 0.444. The predicted molar refractivity (Wildman–Crippen MR) is 59.9 cm³/mol. The minimum atomic E-state index is 0.444. The largest absolute Gasteiger partial charge is 0.193 e. The van der Waals surface area contributed by atoms with E-state index in [2.05, 4.69) is 0 Å². The lowest BCUT2D eigenvalue weighted by molar-refractivity contribution is 1.53. The molecule has 0 fully saturated rings. The second kappa shape index (κ2) is 6.01. The van der Waals surface area contributed by atoms with Crippen LogP contribution in [-0.2, 0) is 0 Å². The Hall–Kier alpha value is -1.52. The molecule has 1 aromatic carbocycles. The van der Waals surface area contributed by atoms with Gasteiger partial charge in [-0.15, -0.1) is 11.6 Å². The summed E-state index contributed by atoms with van der Waals surface area (Å²) < 4.78 is 0. The van der Waals surface area contributed by atoms with Gasteiger partial charge in [-0.1, -0.05) is 42.5 Å². The molecule has 0 spiro atoms. The molecule has 14 heavy (non-hydrogen) atoms. The highest BCUT2D eigenvalue weighted by molar-refractivity contribution is 6.23. The van der Waals surface area contributed by atoms with Gasteiger partial charge in [-0.2, -0.15) is 5.26 Å². The lowest BCUT2D eigenvalue weighted by Crippen LogP contribution is -1.83. The standard InChI is InChI=1S/C12H10ClN/c13-10-12(8-4-5-9-14)11-6-2-1-3-7-11/h1-8H,10H2. The van der Waals surface area contributed by atoms with Crippen molar-refractivity contribution in [3.05, 3.63) is 54.1 Å². The molecule has 0 saturated carbocycles. The van der Waals surface area contributed by atoms with Crippen LogP contribution < -0.4 is 0 Å². The second-order valence-electron chi connectivity index (χ2n) is 2.68. The molecule has 1 nitrogen and oxygen atoms in total. The lowest BCUT2D eigenvalue weighted by atomic mass is 10.1. The molecule has 0 aliphatic heterocycles. The number of allylic oxidation sites excluding steroid dienone is 4. The Morgan fingerprint density at radius 1 is 1.36 bits per heavy atom. The first kappa shape index (κ1) is 10.6. The average molecular weight is 204 g/mol. The van der Waals surface area contributed by atoms with Gasteiger partial charge in [0.05, 0.1) is 6.07 Å². The van der Waals surface area contributed by atoms with Crippen molar-refractivity contribution in [3.63, 3.8) is 0 Å². The van der Waals surface area contributed by atoms with Crippen molar-refractivity contribution in [1.29, 1.82) is 5.26 Å². The summed E-state index contributed by atoms with van der Waals surface area (Å²) >= 11 is 5.80. The van der Waals surface area contributed by atoms with Crippen molar-refractivity contribution in [2.45, 2.75) is 0 Å². The zero-order valence-corrected chi connectivity index (χ0v) is 8.41. The maximum Gasteiger partial charge on any atom is 0.0912 e. The van der Waals surface area contributed by atoms with E-state index in [-0.39, 0.29) is 0 Å². The molecule has 0 saturated heterocycles. The zero-order valence-electron chi connectivity index (χ0n) is 7.65. The van der Waals surface area contributed by atoms with Gasteiger partial charge >= 0.3 is 0 Å². The number of hydrogen-bond acceptors (Lipinski definition) is 1. The van der Waals surface area contributed by atoms with Gasteiger partial charge in [0, 0.05) is 12.0 Å². The van der Waals surface area contributed by atoms with E-state index in [1.165, 1.54) is 6.08 Å². The van der Waals surface area contributed by atoms with Crippen molar-refractivity contribution < 1.29 is 0 Å². The maximum atomic E-state index is 8.32. The molecule has 0 atom stereocenters. The Bertz CT molecular complexity index is 371. The highest BCUT2D eigenvalue weighted by Crippen LogP contribution is 2.15. The lowest BCUT2D eigenvalue weighted by Gasteiger charge is -2.01. The molecule has 0 unspecified atom stereocenters. The van der Waals surface area contributed by atoms with Crippen LogP contribution in [0.2, 0.25) is 0 Å². The van der Waals surface area contributed by atoms with Crippen LogP contribution in [-0.4, -0.2) is 5.88 Å².